The maximum Gasteiger partial charge on any atom is 0.260 e. The molecule has 132 valence electrons. The molecule has 1 aromatic heterocycles. The number of hydrogen-bond acceptors (Lipinski definition) is 5. The second-order valence-electron chi connectivity index (χ2n) is 5.75. The van der Waals surface area contributed by atoms with Gasteiger partial charge >= 0.3 is 0 Å². The molecule has 1 fully saturated rings. The predicted octanol–water partition coefficient (Wildman–Crippen LogP) is 2.82. The summed E-state index contributed by atoms with van der Waals surface area (Å²) >= 11 is 12.0. The number of ether oxygens (including phenoxy) is 1. The average Bonchev–Trinajstić information content (AvgIpc) is 2.62. The number of halogens is 2. The molecule has 0 N–H and O–H groups in total. The van der Waals surface area contributed by atoms with Crippen molar-refractivity contribution in [2.45, 2.75) is 6.92 Å². The van der Waals surface area contributed by atoms with E-state index in [0.717, 1.165) is 24.6 Å². The summed E-state index contributed by atoms with van der Waals surface area (Å²) in [7, 11) is 0. The van der Waals surface area contributed by atoms with Crippen molar-refractivity contribution in [3.63, 3.8) is 0 Å². The number of anilines is 1. The van der Waals surface area contributed by atoms with Crippen LogP contribution < -0.4 is 9.64 Å². The number of carbonyl (C=O) groups is 1. The van der Waals surface area contributed by atoms with Crippen molar-refractivity contribution in [2.75, 3.05) is 37.7 Å². The van der Waals surface area contributed by atoms with E-state index in [9.17, 15) is 4.79 Å². The Morgan fingerprint density at radius 2 is 1.92 bits per heavy atom. The SMILES string of the molecule is Cc1cc(N2CCN(C(=O)COc3cc(Cl)ccc3Cl)CC2)ncn1. The molecule has 1 aliphatic heterocycles. The molecular weight excluding hydrogens is 363 g/mol. The van der Waals surface area contributed by atoms with Gasteiger partial charge < -0.3 is 14.5 Å². The minimum atomic E-state index is -0.0745. The van der Waals surface area contributed by atoms with Crippen molar-refractivity contribution in [2.24, 2.45) is 0 Å². The molecule has 25 heavy (non-hydrogen) atoms. The van der Waals surface area contributed by atoms with Gasteiger partial charge in [-0.15, -0.1) is 0 Å². The van der Waals surface area contributed by atoms with Gasteiger partial charge in [0.05, 0.1) is 5.02 Å². The van der Waals surface area contributed by atoms with Crippen LogP contribution >= 0.6 is 23.2 Å². The number of hydrogen-bond donors (Lipinski definition) is 0. The van der Waals surface area contributed by atoms with Crippen LogP contribution in [0.3, 0.4) is 0 Å². The Balaban J connectivity index is 1.52. The molecule has 0 unspecified atom stereocenters. The van der Waals surface area contributed by atoms with Crippen molar-refractivity contribution >= 4 is 34.9 Å². The lowest BCUT2D eigenvalue weighted by Gasteiger charge is -2.35. The molecule has 0 aliphatic carbocycles. The number of aryl methyl sites for hydroxylation is 1. The topological polar surface area (TPSA) is 58.6 Å². The zero-order valence-electron chi connectivity index (χ0n) is 13.8. The van der Waals surface area contributed by atoms with E-state index in [0.29, 0.717) is 28.9 Å². The molecule has 0 saturated carbocycles. The summed E-state index contributed by atoms with van der Waals surface area (Å²) < 4.78 is 5.52. The van der Waals surface area contributed by atoms with E-state index in [1.165, 1.54) is 0 Å². The maximum absolute atomic E-state index is 12.3. The van der Waals surface area contributed by atoms with E-state index in [2.05, 4.69) is 14.9 Å². The van der Waals surface area contributed by atoms with Gasteiger partial charge in [-0.3, -0.25) is 4.79 Å². The number of rotatable bonds is 4. The van der Waals surface area contributed by atoms with E-state index < -0.39 is 0 Å². The molecule has 0 bridgehead atoms. The summed E-state index contributed by atoms with van der Waals surface area (Å²) in [5, 5.41) is 0.946. The lowest BCUT2D eigenvalue weighted by molar-refractivity contribution is -0.133. The van der Waals surface area contributed by atoms with Crippen LogP contribution in [0.1, 0.15) is 5.69 Å². The molecular formula is C17H18Cl2N4O2. The van der Waals surface area contributed by atoms with Gasteiger partial charge in [-0.2, -0.15) is 0 Å². The average molecular weight is 381 g/mol. The molecule has 2 aromatic rings. The second kappa shape index (κ2) is 7.89. The van der Waals surface area contributed by atoms with Crippen LogP contribution in [0, 0.1) is 6.92 Å². The highest BCUT2D eigenvalue weighted by molar-refractivity contribution is 6.34. The molecule has 1 amide bonds. The summed E-state index contributed by atoms with van der Waals surface area (Å²) in [6, 6.07) is 6.87. The number of nitrogens with zero attached hydrogens (tertiary/aromatic N) is 4. The number of aromatic nitrogens is 2. The van der Waals surface area contributed by atoms with Gasteiger partial charge in [-0.25, -0.2) is 9.97 Å². The predicted molar refractivity (Wildman–Crippen MR) is 97.5 cm³/mol. The quantitative estimate of drug-likeness (QED) is 0.815. The number of benzene rings is 1. The van der Waals surface area contributed by atoms with Crippen LogP contribution in [0.25, 0.3) is 0 Å². The molecule has 1 aromatic carbocycles. The van der Waals surface area contributed by atoms with E-state index in [1.807, 2.05) is 13.0 Å². The first-order chi connectivity index (χ1) is 12.0. The first-order valence-electron chi connectivity index (χ1n) is 7.92. The van der Waals surface area contributed by atoms with Crippen LogP contribution in [0.2, 0.25) is 10.0 Å². The molecule has 0 radical (unpaired) electrons. The van der Waals surface area contributed by atoms with E-state index in [-0.39, 0.29) is 12.5 Å². The Morgan fingerprint density at radius 1 is 1.16 bits per heavy atom. The van der Waals surface area contributed by atoms with E-state index in [1.54, 1.807) is 29.4 Å². The van der Waals surface area contributed by atoms with Crippen molar-refractivity contribution in [1.82, 2.24) is 14.9 Å². The maximum atomic E-state index is 12.3. The molecule has 3 rings (SSSR count). The van der Waals surface area contributed by atoms with Gasteiger partial charge in [0.15, 0.2) is 6.61 Å². The zero-order valence-corrected chi connectivity index (χ0v) is 15.3. The fraction of sp³-hybridized carbons (Fsp3) is 0.353. The fourth-order valence-electron chi connectivity index (χ4n) is 2.62. The molecule has 1 saturated heterocycles. The van der Waals surface area contributed by atoms with Crippen LogP contribution in [0.4, 0.5) is 5.82 Å². The van der Waals surface area contributed by atoms with Crippen LogP contribution in [0.15, 0.2) is 30.6 Å². The van der Waals surface area contributed by atoms with Gasteiger partial charge in [-0.05, 0) is 19.1 Å². The standard InChI is InChI=1S/C17H18Cl2N4O2/c1-12-8-16(21-11-20-12)22-4-6-23(7-5-22)17(24)10-25-15-9-13(18)2-3-14(15)19/h2-3,8-9,11H,4-7,10H2,1H3. The molecule has 1 aliphatic rings. The minimum absolute atomic E-state index is 0.0628. The smallest absolute Gasteiger partial charge is 0.260 e. The van der Waals surface area contributed by atoms with Crippen LogP contribution in [-0.2, 0) is 4.79 Å². The lowest BCUT2D eigenvalue weighted by atomic mass is 10.3. The van der Waals surface area contributed by atoms with Crippen molar-refractivity contribution < 1.29 is 9.53 Å². The van der Waals surface area contributed by atoms with Crippen molar-refractivity contribution in [3.05, 3.63) is 46.3 Å². The largest absolute Gasteiger partial charge is 0.482 e. The Hall–Kier alpha value is -2.05. The third-order valence-electron chi connectivity index (χ3n) is 3.99. The Kier molecular flexibility index (Phi) is 5.60. The normalized spacial score (nSPS) is 14.5. The zero-order chi connectivity index (χ0) is 17.8. The number of carbonyl (C=O) groups excluding carboxylic acids is 1. The Bertz CT molecular complexity index is 764. The molecule has 6 nitrogen and oxygen atoms in total. The van der Waals surface area contributed by atoms with E-state index >= 15 is 0 Å². The first kappa shape index (κ1) is 17.8. The summed E-state index contributed by atoms with van der Waals surface area (Å²) in [5.41, 5.74) is 0.926. The van der Waals surface area contributed by atoms with Gasteiger partial charge in [0.1, 0.15) is 17.9 Å². The molecule has 2 heterocycles. The van der Waals surface area contributed by atoms with Crippen LogP contribution in [-0.4, -0.2) is 53.6 Å². The monoisotopic (exact) mass is 380 g/mol. The Labute approximate surface area is 156 Å². The fourth-order valence-corrected chi connectivity index (χ4v) is 2.95. The molecule has 8 heteroatoms. The third kappa shape index (κ3) is 4.52. The van der Waals surface area contributed by atoms with Gasteiger partial charge in [-0.1, -0.05) is 23.2 Å². The summed E-state index contributed by atoms with van der Waals surface area (Å²) in [6.45, 7) is 4.55. The number of piperazine rings is 1. The van der Waals surface area contributed by atoms with Gasteiger partial charge in [0.2, 0.25) is 0 Å². The summed E-state index contributed by atoms with van der Waals surface area (Å²) in [5.74, 6) is 1.23. The highest BCUT2D eigenvalue weighted by Gasteiger charge is 2.22. The first-order valence-corrected chi connectivity index (χ1v) is 8.68. The van der Waals surface area contributed by atoms with Crippen LogP contribution in [0.5, 0.6) is 5.75 Å². The van der Waals surface area contributed by atoms with Gasteiger partial charge in [0, 0.05) is 49.0 Å². The van der Waals surface area contributed by atoms with Gasteiger partial charge in [0.25, 0.3) is 5.91 Å². The summed E-state index contributed by atoms with van der Waals surface area (Å²) in [6.07, 6.45) is 1.56. The Morgan fingerprint density at radius 3 is 2.64 bits per heavy atom. The number of amides is 1. The molecule has 0 atom stereocenters. The lowest BCUT2D eigenvalue weighted by Crippen LogP contribution is -2.50. The highest BCUT2D eigenvalue weighted by Crippen LogP contribution is 2.27. The van der Waals surface area contributed by atoms with Crippen molar-refractivity contribution in [1.29, 1.82) is 0 Å². The molecule has 0 spiro atoms. The van der Waals surface area contributed by atoms with Crippen molar-refractivity contribution in [3.8, 4) is 5.75 Å². The highest BCUT2D eigenvalue weighted by atomic mass is 35.5. The third-order valence-corrected chi connectivity index (χ3v) is 4.54. The second-order valence-corrected chi connectivity index (χ2v) is 6.59. The minimum Gasteiger partial charge on any atom is -0.482 e. The van der Waals surface area contributed by atoms with E-state index in [4.69, 9.17) is 27.9 Å². The summed E-state index contributed by atoms with van der Waals surface area (Å²) in [4.78, 5) is 24.7.